The number of hydrogen-bond acceptors (Lipinski definition) is 5. The summed E-state index contributed by atoms with van der Waals surface area (Å²) in [4.78, 5) is 30.0. The molecule has 0 aliphatic rings. The van der Waals surface area contributed by atoms with Crippen LogP contribution in [0.3, 0.4) is 0 Å². The number of thioether (sulfide) groups is 1. The quantitative estimate of drug-likeness (QED) is 0.283. The average molecular weight is 476 g/mol. The molecule has 1 aromatic heterocycles. The number of hydrogen-bond donors (Lipinski definition) is 1. The third-order valence-electron chi connectivity index (χ3n) is 4.18. The van der Waals surface area contributed by atoms with Gasteiger partial charge in [-0.15, -0.1) is 0 Å². The number of benzene rings is 2. The van der Waals surface area contributed by atoms with E-state index in [0.717, 1.165) is 4.47 Å². The first-order chi connectivity index (χ1) is 14.1. The molecule has 8 heteroatoms. The van der Waals surface area contributed by atoms with Gasteiger partial charge in [0.15, 0.2) is 5.16 Å². The van der Waals surface area contributed by atoms with Crippen molar-refractivity contribution in [2.45, 2.75) is 25.0 Å². The van der Waals surface area contributed by atoms with Crippen LogP contribution in [-0.4, -0.2) is 34.4 Å². The second-order valence-corrected chi connectivity index (χ2v) is 8.03. The number of anilines is 1. The van der Waals surface area contributed by atoms with E-state index in [1.807, 2.05) is 49.4 Å². The second kappa shape index (κ2) is 10.6. The zero-order chi connectivity index (χ0) is 20.6. The SMILES string of the molecule is CCOCCCn1c(SCC(=O)Nc2ccccc2Br)nc2ccccc2c1=O. The summed E-state index contributed by atoms with van der Waals surface area (Å²) >= 11 is 4.68. The molecule has 0 saturated carbocycles. The van der Waals surface area contributed by atoms with Crippen molar-refractivity contribution in [1.82, 2.24) is 9.55 Å². The summed E-state index contributed by atoms with van der Waals surface area (Å²) < 4.78 is 7.84. The molecule has 29 heavy (non-hydrogen) atoms. The van der Waals surface area contributed by atoms with Gasteiger partial charge >= 0.3 is 0 Å². The standard InChI is InChI=1S/C21H22BrN3O3S/c1-2-28-13-7-12-25-20(27)15-8-3-5-10-17(15)24-21(25)29-14-19(26)23-18-11-6-4-9-16(18)22/h3-6,8-11H,2,7,12-14H2,1H3,(H,23,26). The molecule has 0 fully saturated rings. The number of para-hydroxylation sites is 2. The van der Waals surface area contributed by atoms with Crippen LogP contribution < -0.4 is 10.9 Å². The number of aromatic nitrogens is 2. The highest BCUT2D eigenvalue weighted by Crippen LogP contribution is 2.23. The molecule has 6 nitrogen and oxygen atoms in total. The average Bonchev–Trinajstić information content (AvgIpc) is 2.73. The fraction of sp³-hybridized carbons (Fsp3) is 0.286. The molecule has 0 spiro atoms. The maximum absolute atomic E-state index is 13.0. The number of ether oxygens (including phenoxy) is 1. The Balaban J connectivity index is 1.78. The van der Waals surface area contributed by atoms with Gasteiger partial charge in [-0.05, 0) is 53.5 Å². The van der Waals surface area contributed by atoms with E-state index in [0.29, 0.717) is 47.9 Å². The van der Waals surface area contributed by atoms with E-state index in [2.05, 4.69) is 26.2 Å². The molecular weight excluding hydrogens is 454 g/mol. The van der Waals surface area contributed by atoms with E-state index in [1.165, 1.54) is 11.8 Å². The molecule has 2 aromatic carbocycles. The molecule has 1 N–H and O–H groups in total. The lowest BCUT2D eigenvalue weighted by molar-refractivity contribution is -0.113. The Kier molecular flexibility index (Phi) is 7.85. The third kappa shape index (κ3) is 5.68. The topological polar surface area (TPSA) is 73.2 Å². The number of nitrogens with one attached hydrogen (secondary N) is 1. The molecule has 3 rings (SSSR count). The lowest BCUT2D eigenvalue weighted by Crippen LogP contribution is -2.25. The fourth-order valence-corrected chi connectivity index (χ4v) is 4.01. The molecule has 0 unspecified atom stereocenters. The minimum Gasteiger partial charge on any atom is -0.382 e. The minimum atomic E-state index is -0.162. The predicted molar refractivity (Wildman–Crippen MR) is 121 cm³/mol. The molecule has 1 heterocycles. The number of carbonyl (C=O) groups excluding carboxylic acids is 1. The maximum Gasteiger partial charge on any atom is 0.262 e. The smallest absolute Gasteiger partial charge is 0.262 e. The van der Waals surface area contributed by atoms with Crippen LogP contribution in [0.4, 0.5) is 5.69 Å². The largest absolute Gasteiger partial charge is 0.382 e. The number of carbonyl (C=O) groups is 1. The van der Waals surface area contributed by atoms with E-state index in [-0.39, 0.29) is 17.2 Å². The van der Waals surface area contributed by atoms with E-state index in [1.54, 1.807) is 10.6 Å². The lowest BCUT2D eigenvalue weighted by Gasteiger charge is -2.13. The van der Waals surface area contributed by atoms with Crippen molar-refractivity contribution in [3.05, 3.63) is 63.4 Å². The van der Waals surface area contributed by atoms with Crippen LogP contribution in [-0.2, 0) is 16.1 Å². The number of nitrogens with zero attached hydrogens (tertiary/aromatic N) is 2. The van der Waals surface area contributed by atoms with Crippen molar-refractivity contribution in [1.29, 1.82) is 0 Å². The summed E-state index contributed by atoms with van der Waals surface area (Å²) in [6.07, 6.45) is 0.699. The molecule has 0 aliphatic heterocycles. The van der Waals surface area contributed by atoms with Gasteiger partial charge in [0.1, 0.15) is 0 Å². The van der Waals surface area contributed by atoms with Crippen molar-refractivity contribution in [2.24, 2.45) is 0 Å². The number of amides is 1. The third-order valence-corrected chi connectivity index (χ3v) is 5.85. The molecular formula is C21H22BrN3O3S. The molecule has 0 saturated heterocycles. The van der Waals surface area contributed by atoms with Crippen LogP contribution in [0.15, 0.2) is 63.0 Å². The van der Waals surface area contributed by atoms with Crippen molar-refractivity contribution >= 4 is 50.2 Å². The van der Waals surface area contributed by atoms with Gasteiger partial charge in [0, 0.05) is 24.2 Å². The van der Waals surface area contributed by atoms with Crippen LogP contribution in [0, 0.1) is 0 Å². The Labute approximate surface area is 181 Å². The summed E-state index contributed by atoms with van der Waals surface area (Å²) in [6, 6.07) is 14.7. The zero-order valence-electron chi connectivity index (χ0n) is 16.1. The molecule has 0 aliphatic carbocycles. The first kappa shape index (κ1) is 21.5. The predicted octanol–water partition coefficient (Wildman–Crippen LogP) is 4.32. The summed E-state index contributed by atoms with van der Waals surface area (Å²) in [5.41, 5.74) is 1.24. The van der Waals surface area contributed by atoms with Gasteiger partial charge in [0.05, 0.1) is 22.3 Å². The van der Waals surface area contributed by atoms with Crippen molar-refractivity contribution in [2.75, 3.05) is 24.3 Å². The highest BCUT2D eigenvalue weighted by Gasteiger charge is 2.13. The molecule has 1 amide bonds. The normalized spacial score (nSPS) is 11.0. The molecule has 152 valence electrons. The molecule has 0 radical (unpaired) electrons. The fourth-order valence-electron chi connectivity index (χ4n) is 2.80. The highest BCUT2D eigenvalue weighted by atomic mass is 79.9. The summed E-state index contributed by atoms with van der Waals surface area (Å²) in [7, 11) is 0. The van der Waals surface area contributed by atoms with Gasteiger partial charge in [-0.3, -0.25) is 14.2 Å². The first-order valence-corrected chi connectivity index (χ1v) is 11.1. The summed E-state index contributed by atoms with van der Waals surface area (Å²) in [5.74, 6) is -0.0115. The van der Waals surface area contributed by atoms with Crippen LogP contribution in [0.1, 0.15) is 13.3 Å². The van der Waals surface area contributed by atoms with Crippen LogP contribution in [0.25, 0.3) is 10.9 Å². The first-order valence-electron chi connectivity index (χ1n) is 9.34. The minimum absolute atomic E-state index is 0.0965. The Morgan fingerprint density at radius 3 is 2.76 bits per heavy atom. The second-order valence-electron chi connectivity index (χ2n) is 6.24. The zero-order valence-corrected chi connectivity index (χ0v) is 18.5. The van der Waals surface area contributed by atoms with Gasteiger partial charge in [-0.2, -0.15) is 0 Å². The van der Waals surface area contributed by atoms with Crippen LogP contribution in [0.2, 0.25) is 0 Å². The monoisotopic (exact) mass is 475 g/mol. The number of rotatable bonds is 9. The van der Waals surface area contributed by atoms with E-state index in [4.69, 9.17) is 4.74 Å². The van der Waals surface area contributed by atoms with E-state index < -0.39 is 0 Å². The molecule has 3 aromatic rings. The van der Waals surface area contributed by atoms with Crippen LogP contribution >= 0.6 is 27.7 Å². The van der Waals surface area contributed by atoms with Gasteiger partial charge in [-0.25, -0.2) is 4.98 Å². The van der Waals surface area contributed by atoms with Crippen molar-refractivity contribution in [3.8, 4) is 0 Å². The number of fused-ring (bicyclic) bond motifs is 1. The van der Waals surface area contributed by atoms with Gasteiger partial charge in [0.2, 0.25) is 5.91 Å². The van der Waals surface area contributed by atoms with Crippen LogP contribution in [0.5, 0.6) is 0 Å². The van der Waals surface area contributed by atoms with Crippen molar-refractivity contribution < 1.29 is 9.53 Å². The van der Waals surface area contributed by atoms with Crippen molar-refractivity contribution in [3.63, 3.8) is 0 Å². The highest BCUT2D eigenvalue weighted by molar-refractivity contribution is 9.10. The Morgan fingerprint density at radius 2 is 1.97 bits per heavy atom. The molecule has 0 atom stereocenters. The Hall–Kier alpha value is -2.16. The summed E-state index contributed by atoms with van der Waals surface area (Å²) in [5, 5.41) is 3.98. The van der Waals surface area contributed by atoms with E-state index in [9.17, 15) is 9.59 Å². The van der Waals surface area contributed by atoms with Gasteiger partial charge < -0.3 is 10.1 Å². The molecule has 0 bridgehead atoms. The van der Waals surface area contributed by atoms with Gasteiger partial charge in [-0.1, -0.05) is 36.0 Å². The van der Waals surface area contributed by atoms with Gasteiger partial charge in [0.25, 0.3) is 5.56 Å². The lowest BCUT2D eigenvalue weighted by atomic mass is 10.2. The Morgan fingerprint density at radius 1 is 1.21 bits per heavy atom. The maximum atomic E-state index is 13.0. The number of halogens is 1. The Bertz CT molecular complexity index is 1050. The van der Waals surface area contributed by atoms with E-state index >= 15 is 0 Å². The summed E-state index contributed by atoms with van der Waals surface area (Å²) in [6.45, 7) is 3.64.